The van der Waals surface area contributed by atoms with Crippen molar-refractivity contribution in [1.82, 2.24) is 4.90 Å². The monoisotopic (exact) mass is 391 g/mol. The Morgan fingerprint density at radius 3 is 1.86 bits per heavy atom. The third kappa shape index (κ3) is 4.75. The summed E-state index contributed by atoms with van der Waals surface area (Å²) < 4.78 is 26.0. The van der Waals surface area contributed by atoms with Gasteiger partial charge in [0, 0.05) is 6.92 Å². The normalized spacial score (nSPS) is 11.8. The molecule has 5 heteroatoms. The van der Waals surface area contributed by atoms with Crippen molar-refractivity contribution in [3.05, 3.63) is 108 Å². The minimum absolute atomic E-state index is 0.187. The molecule has 28 heavy (non-hydrogen) atoms. The van der Waals surface area contributed by atoms with Gasteiger partial charge < -0.3 is 4.90 Å². The molecule has 0 aliphatic heterocycles. The Bertz CT molecular complexity index is 1060. The summed E-state index contributed by atoms with van der Waals surface area (Å²) in [5.41, 5.74) is 1.92. The average Bonchev–Trinajstić information content (AvgIpc) is 2.72. The molecule has 0 atom stereocenters. The molecule has 0 aliphatic carbocycles. The number of carbonyl (C=O) groups excluding carboxylic acids is 1. The van der Waals surface area contributed by atoms with Crippen LogP contribution in [0.5, 0.6) is 0 Å². The fourth-order valence-electron chi connectivity index (χ4n) is 2.85. The van der Waals surface area contributed by atoms with Crippen molar-refractivity contribution in [3.8, 4) is 0 Å². The summed E-state index contributed by atoms with van der Waals surface area (Å²) in [7, 11) is -3.73. The van der Waals surface area contributed by atoms with Gasteiger partial charge in [-0.15, -0.1) is 0 Å². The second-order valence-electron chi connectivity index (χ2n) is 6.32. The van der Waals surface area contributed by atoms with Gasteiger partial charge >= 0.3 is 0 Å². The van der Waals surface area contributed by atoms with Crippen LogP contribution >= 0.6 is 0 Å². The largest absolute Gasteiger partial charge is 0.307 e. The number of hydrogen-bond acceptors (Lipinski definition) is 3. The molecule has 3 aromatic carbocycles. The number of hydrogen-bond donors (Lipinski definition) is 0. The second-order valence-corrected chi connectivity index (χ2v) is 8.12. The minimum atomic E-state index is -3.73. The van der Waals surface area contributed by atoms with Crippen LogP contribution in [0.1, 0.15) is 18.1 Å². The molecule has 4 nitrogen and oxygen atoms in total. The molecule has 3 aromatic rings. The highest BCUT2D eigenvalue weighted by molar-refractivity contribution is 7.94. The summed E-state index contributed by atoms with van der Waals surface area (Å²) in [4.78, 5) is 14.2. The van der Waals surface area contributed by atoms with Crippen molar-refractivity contribution >= 4 is 21.4 Å². The molecule has 3 rings (SSSR count). The van der Waals surface area contributed by atoms with Gasteiger partial charge in [-0.2, -0.15) is 0 Å². The van der Waals surface area contributed by atoms with Crippen LogP contribution in [0.15, 0.2) is 101 Å². The first kappa shape index (κ1) is 19.6. The molecule has 1 amide bonds. The first-order chi connectivity index (χ1) is 13.5. The van der Waals surface area contributed by atoms with E-state index in [9.17, 15) is 13.2 Å². The molecule has 0 unspecified atom stereocenters. The van der Waals surface area contributed by atoms with Crippen molar-refractivity contribution in [2.45, 2.75) is 18.4 Å². The van der Waals surface area contributed by atoms with Gasteiger partial charge in [-0.25, -0.2) is 8.42 Å². The highest BCUT2D eigenvalue weighted by atomic mass is 32.2. The maximum atomic E-state index is 13.0. The van der Waals surface area contributed by atoms with Crippen LogP contribution in [0.2, 0.25) is 0 Å². The van der Waals surface area contributed by atoms with Gasteiger partial charge in [-0.1, -0.05) is 78.9 Å². The van der Waals surface area contributed by atoms with Gasteiger partial charge in [-0.3, -0.25) is 4.79 Å². The first-order valence-electron chi connectivity index (χ1n) is 8.87. The predicted octanol–water partition coefficient (Wildman–Crippen LogP) is 4.51. The zero-order valence-corrected chi connectivity index (χ0v) is 16.3. The maximum Gasteiger partial charge on any atom is 0.224 e. The fraction of sp³-hybridized carbons (Fsp3) is 0.0870. The number of carbonyl (C=O) groups is 1. The Balaban J connectivity index is 2.12. The van der Waals surface area contributed by atoms with E-state index in [1.54, 1.807) is 42.5 Å². The molecular formula is C23H21NO3S. The molecule has 0 aromatic heterocycles. The van der Waals surface area contributed by atoms with E-state index in [2.05, 4.69) is 0 Å². The molecular weight excluding hydrogens is 370 g/mol. The lowest BCUT2D eigenvalue weighted by Crippen LogP contribution is -2.27. The van der Waals surface area contributed by atoms with Crippen molar-refractivity contribution in [2.75, 3.05) is 0 Å². The Hall–Kier alpha value is -3.18. The smallest absolute Gasteiger partial charge is 0.224 e. The predicted molar refractivity (Wildman–Crippen MR) is 111 cm³/mol. The zero-order valence-electron chi connectivity index (χ0n) is 15.5. The van der Waals surface area contributed by atoms with Crippen LogP contribution in [0.3, 0.4) is 0 Å². The van der Waals surface area contributed by atoms with E-state index in [0.29, 0.717) is 11.3 Å². The molecule has 0 saturated carbocycles. The third-order valence-electron chi connectivity index (χ3n) is 4.26. The average molecular weight is 391 g/mol. The molecule has 0 saturated heterocycles. The summed E-state index contributed by atoms with van der Waals surface area (Å²) in [5, 5.41) is 1.18. The van der Waals surface area contributed by atoms with Gasteiger partial charge in [0.05, 0.1) is 22.5 Å². The van der Waals surface area contributed by atoms with Gasteiger partial charge in [0.25, 0.3) is 0 Å². The summed E-state index contributed by atoms with van der Waals surface area (Å²) in [5.74, 6) is -0.234. The topological polar surface area (TPSA) is 54.5 Å². The van der Waals surface area contributed by atoms with Crippen molar-refractivity contribution in [3.63, 3.8) is 0 Å². The Labute approximate surface area is 165 Å². The standard InChI is InChI=1S/C23H21NO3S/c1-19(25)24(17-20-11-5-2-6-12-20)23(21-13-7-3-8-14-21)18-28(26,27)22-15-9-4-10-16-22/h2-16,18H,17H2,1H3/b23-18+. The molecule has 0 N–H and O–H groups in total. The van der Waals surface area contributed by atoms with Crippen molar-refractivity contribution < 1.29 is 13.2 Å². The van der Waals surface area contributed by atoms with E-state index in [-0.39, 0.29) is 17.3 Å². The van der Waals surface area contributed by atoms with Crippen LogP contribution in [-0.2, 0) is 21.2 Å². The van der Waals surface area contributed by atoms with Crippen LogP contribution in [0.25, 0.3) is 5.70 Å². The number of benzene rings is 3. The Morgan fingerprint density at radius 2 is 1.32 bits per heavy atom. The summed E-state index contributed by atoms with van der Waals surface area (Å²) in [6.45, 7) is 1.72. The maximum absolute atomic E-state index is 13.0. The second kappa shape index (κ2) is 8.67. The number of nitrogens with zero attached hydrogens (tertiary/aromatic N) is 1. The van der Waals surface area contributed by atoms with E-state index in [4.69, 9.17) is 0 Å². The lowest BCUT2D eigenvalue weighted by atomic mass is 10.1. The lowest BCUT2D eigenvalue weighted by Gasteiger charge is -2.25. The van der Waals surface area contributed by atoms with Gasteiger partial charge in [0.15, 0.2) is 0 Å². The molecule has 0 fully saturated rings. The zero-order chi connectivity index (χ0) is 20.0. The molecule has 0 aliphatic rings. The quantitative estimate of drug-likeness (QED) is 0.621. The molecule has 0 bridgehead atoms. The third-order valence-corrected chi connectivity index (χ3v) is 5.73. The van der Waals surface area contributed by atoms with E-state index in [1.807, 2.05) is 48.5 Å². The molecule has 142 valence electrons. The summed E-state index contributed by atoms with van der Waals surface area (Å²) in [6.07, 6.45) is 0. The Kier molecular flexibility index (Phi) is 6.06. The molecule has 0 radical (unpaired) electrons. The van der Waals surface area contributed by atoms with Crippen LogP contribution in [0.4, 0.5) is 0 Å². The van der Waals surface area contributed by atoms with E-state index >= 15 is 0 Å². The van der Waals surface area contributed by atoms with Crippen LogP contribution < -0.4 is 0 Å². The van der Waals surface area contributed by atoms with E-state index in [0.717, 1.165) is 5.56 Å². The van der Waals surface area contributed by atoms with Gasteiger partial charge in [-0.05, 0) is 23.3 Å². The number of amides is 1. The SMILES string of the molecule is CC(=O)N(Cc1ccccc1)/C(=C/S(=O)(=O)c1ccccc1)c1ccccc1. The van der Waals surface area contributed by atoms with E-state index in [1.165, 1.54) is 17.2 Å². The van der Waals surface area contributed by atoms with Gasteiger partial charge in [0.2, 0.25) is 15.7 Å². The number of rotatable bonds is 6. The number of sulfone groups is 1. The molecule has 0 heterocycles. The first-order valence-corrected chi connectivity index (χ1v) is 10.4. The minimum Gasteiger partial charge on any atom is -0.307 e. The summed E-state index contributed by atoms with van der Waals surface area (Å²) >= 11 is 0. The highest BCUT2D eigenvalue weighted by Crippen LogP contribution is 2.25. The van der Waals surface area contributed by atoms with Crippen LogP contribution in [-0.4, -0.2) is 19.2 Å². The lowest BCUT2D eigenvalue weighted by molar-refractivity contribution is -0.126. The van der Waals surface area contributed by atoms with Gasteiger partial charge in [0.1, 0.15) is 0 Å². The van der Waals surface area contributed by atoms with Crippen LogP contribution in [0, 0.1) is 0 Å². The Morgan fingerprint density at radius 1 is 0.821 bits per heavy atom. The van der Waals surface area contributed by atoms with E-state index < -0.39 is 9.84 Å². The highest BCUT2D eigenvalue weighted by Gasteiger charge is 2.21. The van der Waals surface area contributed by atoms with Crippen molar-refractivity contribution in [1.29, 1.82) is 0 Å². The fourth-order valence-corrected chi connectivity index (χ4v) is 4.08. The molecule has 0 spiro atoms. The van der Waals surface area contributed by atoms with Crippen molar-refractivity contribution in [2.24, 2.45) is 0 Å². The summed E-state index contributed by atoms with van der Waals surface area (Å²) in [6, 6.07) is 26.8.